The van der Waals surface area contributed by atoms with Crippen LogP contribution in [0.5, 0.6) is 5.75 Å². The summed E-state index contributed by atoms with van der Waals surface area (Å²) in [6.45, 7) is 3.34. The number of hydrogen-bond donors (Lipinski definition) is 0. The second kappa shape index (κ2) is 8.22. The van der Waals surface area contributed by atoms with E-state index in [1.54, 1.807) is 30.3 Å². The van der Waals surface area contributed by atoms with Crippen LogP contribution < -0.4 is 9.04 Å². The highest BCUT2D eigenvalue weighted by molar-refractivity contribution is 7.92. The largest absolute Gasteiger partial charge is 0.497 e. The smallest absolute Gasteiger partial charge is 0.264 e. The Morgan fingerprint density at radius 3 is 2.29 bits per heavy atom. The third-order valence-corrected chi connectivity index (χ3v) is 6.94. The summed E-state index contributed by atoms with van der Waals surface area (Å²) in [5.74, 6) is 0.545. The van der Waals surface area contributed by atoms with Crippen molar-refractivity contribution in [3.8, 4) is 5.75 Å². The van der Waals surface area contributed by atoms with Crippen LogP contribution in [0.2, 0.25) is 0 Å². The van der Waals surface area contributed by atoms with Crippen molar-refractivity contribution in [1.82, 2.24) is 4.90 Å². The molecule has 2 aromatic carbocycles. The molecule has 1 heterocycles. The number of nitrogens with zero attached hydrogens (tertiary/aromatic N) is 2. The molecule has 0 saturated carbocycles. The first-order chi connectivity index (χ1) is 13.3. The van der Waals surface area contributed by atoms with Gasteiger partial charge < -0.3 is 9.64 Å². The zero-order valence-electron chi connectivity index (χ0n) is 16.5. The molecule has 1 fully saturated rings. The van der Waals surface area contributed by atoms with Gasteiger partial charge in [-0.1, -0.05) is 6.07 Å². The van der Waals surface area contributed by atoms with E-state index >= 15 is 0 Å². The summed E-state index contributed by atoms with van der Waals surface area (Å²) in [6, 6.07) is 11.5. The number of sulfonamides is 1. The lowest BCUT2D eigenvalue weighted by atomic mass is 10.1. The second-order valence-electron chi connectivity index (χ2n) is 7.00. The molecule has 3 rings (SSSR count). The molecule has 1 aliphatic heterocycles. The summed E-state index contributed by atoms with van der Waals surface area (Å²) in [4.78, 5) is 14.8. The molecule has 6 nitrogen and oxygen atoms in total. The minimum atomic E-state index is -3.75. The molecule has 2 aromatic rings. The number of carbonyl (C=O) groups is 1. The topological polar surface area (TPSA) is 66.9 Å². The Labute approximate surface area is 166 Å². The van der Waals surface area contributed by atoms with Gasteiger partial charge in [0.2, 0.25) is 0 Å². The lowest BCUT2D eigenvalue weighted by molar-refractivity contribution is 0.0724. The summed E-state index contributed by atoms with van der Waals surface area (Å²) >= 11 is 0. The van der Waals surface area contributed by atoms with E-state index in [0.29, 0.717) is 17.0 Å². The zero-order chi connectivity index (χ0) is 20.3. The maximum atomic E-state index is 13.1. The first-order valence-electron chi connectivity index (χ1n) is 9.37. The standard InChI is InChI=1S/C21H26N2O4S/c1-16-7-8-17(21(24)23-13-5-4-6-14-23)15-20(16)22(2)28(25,26)19-11-9-18(27-3)10-12-19/h7-12,15H,4-6,13-14H2,1-3H3. The normalized spacial score (nSPS) is 14.6. The van der Waals surface area contributed by atoms with E-state index in [1.165, 1.54) is 30.6 Å². The number of ether oxygens (including phenoxy) is 1. The third kappa shape index (κ3) is 3.99. The van der Waals surface area contributed by atoms with Gasteiger partial charge in [-0.15, -0.1) is 0 Å². The molecule has 0 N–H and O–H groups in total. The Morgan fingerprint density at radius 2 is 1.68 bits per heavy atom. The zero-order valence-corrected chi connectivity index (χ0v) is 17.3. The number of likely N-dealkylation sites (tertiary alicyclic amines) is 1. The number of rotatable bonds is 5. The molecule has 0 radical (unpaired) electrons. The summed E-state index contributed by atoms with van der Waals surface area (Å²) in [5.41, 5.74) is 1.80. The van der Waals surface area contributed by atoms with E-state index in [9.17, 15) is 13.2 Å². The molecule has 28 heavy (non-hydrogen) atoms. The van der Waals surface area contributed by atoms with Gasteiger partial charge in [0, 0.05) is 25.7 Å². The molecular formula is C21H26N2O4S. The number of carbonyl (C=O) groups excluding carboxylic acids is 1. The molecule has 0 atom stereocenters. The van der Waals surface area contributed by atoms with Crippen LogP contribution in [-0.4, -0.2) is 46.5 Å². The summed E-state index contributed by atoms with van der Waals surface area (Å²) in [7, 11) is -0.711. The summed E-state index contributed by atoms with van der Waals surface area (Å²) < 4.78 is 32.4. The Balaban J connectivity index is 1.91. The number of anilines is 1. The van der Waals surface area contributed by atoms with E-state index < -0.39 is 10.0 Å². The van der Waals surface area contributed by atoms with Crippen molar-refractivity contribution in [2.75, 3.05) is 31.6 Å². The number of piperidine rings is 1. The minimum absolute atomic E-state index is 0.0452. The molecule has 0 bridgehead atoms. The summed E-state index contributed by atoms with van der Waals surface area (Å²) in [5, 5.41) is 0. The molecule has 0 unspecified atom stereocenters. The lowest BCUT2D eigenvalue weighted by Crippen LogP contribution is -2.35. The first kappa shape index (κ1) is 20.2. The van der Waals surface area contributed by atoms with Gasteiger partial charge >= 0.3 is 0 Å². The van der Waals surface area contributed by atoms with Crippen molar-refractivity contribution in [1.29, 1.82) is 0 Å². The fraction of sp³-hybridized carbons (Fsp3) is 0.381. The second-order valence-corrected chi connectivity index (χ2v) is 8.97. The molecule has 7 heteroatoms. The van der Waals surface area contributed by atoms with Crippen molar-refractivity contribution in [3.05, 3.63) is 53.6 Å². The maximum absolute atomic E-state index is 13.1. The SMILES string of the molecule is COc1ccc(S(=O)(=O)N(C)c2cc(C(=O)N3CCCCC3)ccc2C)cc1. The van der Waals surface area contributed by atoms with E-state index in [4.69, 9.17) is 4.74 Å². The minimum Gasteiger partial charge on any atom is -0.497 e. The van der Waals surface area contributed by atoms with E-state index in [2.05, 4.69) is 0 Å². The fourth-order valence-electron chi connectivity index (χ4n) is 3.40. The number of benzene rings is 2. The number of amides is 1. The highest BCUT2D eigenvalue weighted by Crippen LogP contribution is 2.28. The van der Waals surface area contributed by atoms with Crippen molar-refractivity contribution < 1.29 is 17.9 Å². The van der Waals surface area contributed by atoms with Gasteiger partial charge in [0.05, 0.1) is 17.7 Å². The van der Waals surface area contributed by atoms with Crippen LogP contribution in [0.4, 0.5) is 5.69 Å². The third-order valence-electron chi connectivity index (χ3n) is 5.16. The Morgan fingerprint density at radius 1 is 1.04 bits per heavy atom. The predicted octanol–water partition coefficient (Wildman–Crippen LogP) is 3.45. The van der Waals surface area contributed by atoms with Crippen LogP contribution in [0.1, 0.15) is 35.2 Å². The molecule has 1 aliphatic rings. The molecular weight excluding hydrogens is 376 g/mol. The van der Waals surface area contributed by atoms with Crippen LogP contribution in [0.15, 0.2) is 47.4 Å². The van der Waals surface area contributed by atoms with Gasteiger partial charge in [-0.3, -0.25) is 9.10 Å². The van der Waals surface area contributed by atoms with Crippen LogP contribution in [-0.2, 0) is 10.0 Å². The highest BCUT2D eigenvalue weighted by atomic mass is 32.2. The number of hydrogen-bond acceptors (Lipinski definition) is 4. The van der Waals surface area contributed by atoms with E-state index in [1.807, 2.05) is 11.8 Å². The molecule has 0 aromatic heterocycles. The van der Waals surface area contributed by atoms with Gasteiger partial charge in [-0.05, 0) is 68.1 Å². The van der Waals surface area contributed by atoms with Gasteiger partial charge in [-0.25, -0.2) is 8.42 Å². The predicted molar refractivity (Wildman–Crippen MR) is 110 cm³/mol. The van der Waals surface area contributed by atoms with Crippen molar-refractivity contribution in [3.63, 3.8) is 0 Å². The maximum Gasteiger partial charge on any atom is 0.264 e. The number of aryl methyl sites for hydroxylation is 1. The van der Waals surface area contributed by atoms with Crippen LogP contribution in [0.3, 0.4) is 0 Å². The van der Waals surface area contributed by atoms with Gasteiger partial charge in [0.25, 0.3) is 15.9 Å². The molecule has 0 aliphatic carbocycles. The van der Waals surface area contributed by atoms with Gasteiger partial charge in [0.1, 0.15) is 5.75 Å². The highest BCUT2D eigenvalue weighted by Gasteiger charge is 2.25. The Hall–Kier alpha value is -2.54. The molecule has 1 saturated heterocycles. The van der Waals surface area contributed by atoms with Crippen molar-refractivity contribution in [2.45, 2.75) is 31.1 Å². The van der Waals surface area contributed by atoms with Gasteiger partial charge in [-0.2, -0.15) is 0 Å². The van der Waals surface area contributed by atoms with Crippen LogP contribution in [0, 0.1) is 6.92 Å². The Bertz CT molecular complexity index is 949. The van der Waals surface area contributed by atoms with Crippen molar-refractivity contribution >= 4 is 21.6 Å². The van der Waals surface area contributed by atoms with Crippen molar-refractivity contribution in [2.24, 2.45) is 0 Å². The monoisotopic (exact) mass is 402 g/mol. The lowest BCUT2D eigenvalue weighted by Gasteiger charge is -2.27. The average Bonchev–Trinajstić information content (AvgIpc) is 2.73. The van der Waals surface area contributed by atoms with E-state index in [0.717, 1.165) is 37.9 Å². The fourth-order valence-corrected chi connectivity index (χ4v) is 4.65. The molecule has 1 amide bonds. The van der Waals surface area contributed by atoms with E-state index in [-0.39, 0.29) is 10.8 Å². The molecule has 150 valence electrons. The van der Waals surface area contributed by atoms with Gasteiger partial charge in [0.15, 0.2) is 0 Å². The first-order valence-corrected chi connectivity index (χ1v) is 10.8. The number of methoxy groups -OCH3 is 1. The van der Waals surface area contributed by atoms with Crippen LogP contribution in [0.25, 0.3) is 0 Å². The van der Waals surface area contributed by atoms with Crippen LogP contribution >= 0.6 is 0 Å². The molecule has 0 spiro atoms. The Kier molecular flexibility index (Phi) is 5.93. The average molecular weight is 403 g/mol. The summed E-state index contributed by atoms with van der Waals surface area (Å²) in [6.07, 6.45) is 3.16. The quantitative estimate of drug-likeness (QED) is 0.768.